The fourth-order valence-electron chi connectivity index (χ4n) is 4.21. The van der Waals surface area contributed by atoms with Crippen LogP contribution in [0.25, 0.3) is 21.7 Å². The minimum Gasteiger partial charge on any atom is -0.493 e. The van der Waals surface area contributed by atoms with Crippen LogP contribution in [0, 0.1) is 5.82 Å². The number of nitrogens with two attached hydrogens (primary N) is 1. The summed E-state index contributed by atoms with van der Waals surface area (Å²) in [5.41, 5.74) is 1.66. The number of para-hydroxylation sites is 1. The van der Waals surface area contributed by atoms with Crippen molar-refractivity contribution in [2.75, 3.05) is 5.32 Å². The molecule has 1 heterocycles. The van der Waals surface area contributed by atoms with Gasteiger partial charge in [0, 0.05) is 5.39 Å². The third-order valence-corrected chi connectivity index (χ3v) is 7.01. The Morgan fingerprint density at radius 3 is 2.54 bits per heavy atom. The molecule has 11 heteroatoms. The van der Waals surface area contributed by atoms with Crippen molar-refractivity contribution in [2.45, 2.75) is 11.4 Å². The van der Waals surface area contributed by atoms with Gasteiger partial charge in [0.15, 0.2) is 5.69 Å². The van der Waals surface area contributed by atoms with Crippen molar-refractivity contribution in [3.8, 4) is 5.88 Å². The summed E-state index contributed by atoms with van der Waals surface area (Å²) in [4.78, 5) is -0.163. The van der Waals surface area contributed by atoms with E-state index in [0.717, 1.165) is 16.3 Å². The zero-order valence-corrected chi connectivity index (χ0v) is 20.8. The molecule has 0 aliphatic heterocycles. The zero-order valence-electron chi connectivity index (χ0n) is 19.2. The maximum Gasteiger partial charge on any atom is 0.240 e. The summed E-state index contributed by atoms with van der Waals surface area (Å²) in [5.74, 6) is -0.723. The molecule has 0 atom stereocenters. The van der Waals surface area contributed by atoms with E-state index in [1.807, 2.05) is 42.5 Å². The molecule has 0 unspecified atom stereocenters. The number of nitrogens with one attached hydrogen (secondary N) is 1. The number of thiocarbonyl (C=S) groups is 1. The summed E-state index contributed by atoms with van der Waals surface area (Å²) in [6, 6.07) is 23.8. The fraction of sp³-hybridized carbons (Fsp3) is 0.0385. The average molecular weight is 534 g/mol. The van der Waals surface area contributed by atoms with Crippen LogP contribution in [-0.2, 0) is 16.6 Å². The number of hydrogen-bond acceptors (Lipinski definition) is 5. The smallest absolute Gasteiger partial charge is 0.240 e. The quantitative estimate of drug-likeness (QED) is 0.194. The van der Waals surface area contributed by atoms with Gasteiger partial charge in [-0.05, 0) is 58.9 Å². The number of nitrogens with zero attached hydrogens (tertiary/aromatic N) is 3. The van der Waals surface area contributed by atoms with Gasteiger partial charge in [-0.3, -0.25) is 0 Å². The van der Waals surface area contributed by atoms with Gasteiger partial charge in [0.2, 0.25) is 21.0 Å². The predicted octanol–water partition coefficient (Wildman–Crippen LogP) is 5.82. The highest BCUT2D eigenvalue weighted by atomic mass is 32.2. The van der Waals surface area contributed by atoms with Crippen molar-refractivity contribution in [1.82, 2.24) is 4.57 Å². The van der Waals surface area contributed by atoms with Gasteiger partial charge in [-0.25, -0.2) is 17.9 Å². The predicted molar refractivity (Wildman–Crippen MR) is 145 cm³/mol. The molecule has 0 saturated heterocycles. The summed E-state index contributed by atoms with van der Waals surface area (Å²) in [6.45, 7) is 0.301. The number of benzene rings is 4. The topological polar surface area (TPSA) is 122 Å². The Kier molecular flexibility index (Phi) is 6.42. The second-order valence-corrected chi connectivity index (χ2v) is 10.1. The third-order valence-electron chi connectivity index (χ3n) is 5.86. The van der Waals surface area contributed by atoms with E-state index < -0.39 is 15.8 Å². The molecule has 4 aromatic carbocycles. The van der Waals surface area contributed by atoms with Crippen LogP contribution in [0.5, 0.6) is 5.88 Å². The molecule has 0 radical (unpaired) electrons. The van der Waals surface area contributed by atoms with E-state index in [2.05, 4.69) is 15.5 Å². The van der Waals surface area contributed by atoms with Gasteiger partial charge >= 0.3 is 0 Å². The Bertz CT molecular complexity index is 1810. The number of azo groups is 1. The lowest BCUT2D eigenvalue weighted by Gasteiger charge is -2.10. The number of fused-ring (bicyclic) bond motifs is 2. The summed E-state index contributed by atoms with van der Waals surface area (Å²) in [7, 11) is -4.01. The van der Waals surface area contributed by atoms with E-state index in [4.69, 9.17) is 17.4 Å². The van der Waals surface area contributed by atoms with E-state index in [1.165, 1.54) is 30.3 Å². The van der Waals surface area contributed by atoms with Crippen LogP contribution in [0.4, 0.5) is 15.8 Å². The Labute approximate surface area is 216 Å². The summed E-state index contributed by atoms with van der Waals surface area (Å²) < 4.78 is 39.5. The zero-order chi connectivity index (χ0) is 26.2. The number of anilines is 1. The van der Waals surface area contributed by atoms with Gasteiger partial charge in [0.1, 0.15) is 10.7 Å². The maximum absolute atomic E-state index is 14.2. The molecule has 1 aromatic heterocycles. The molecule has 0 aliphatic carbocycles. The molecule has 186 valence electrons. The largest absolute Gasteiger partial charge is 0.493 e. The van der Waals surface area contributed by atoms with Crippen molar-refractivity contribution < 1.29 is 17.9 Å². The van der Waals surface area contributed by atoms with Crippen LogP contribution in [0.1, 0.15) is 5.56 Å². The van der Waals surface area contributed by atoms with Crippen molar-refractivity contribution in [1.29, 1.82) is 0 Å². The highest BCUT2D eigenvalue weighted by Gasteiger charge is 2.19. The van der Waals surface area contributed by atoms with Gasteiger partial charge < -0.3 is 15.0 Å². The Balaban J connectivity index is 1.52. The first-order valence-corrected chi connectivity index (χ1v) is 13.0. The number of hydrogen-bond donors (Lipinski definition) is 3. The fourth-order valence-corrected chi connectivity index (χ4v) is 5.05. The highest BCUT2D eigenvalue weighted by molar-refractivity contribution is 7.89. The van der Waals surface area contributed by atoms with Crippen LogP contribution < -0.4 is 10.5 Å². The number of aromatic hydroxyl groups is 1. The first kappa shape index (κ1) is 24.5. The maximum atomic E-state index is 14.2. The van der Waals surface area contributed by atoms with Gasteiger partial charge in [-0.2, -0.15) is 0 Å². The van der Waals surface area contributed by atoms with Crippen LogP contribution in [0.2, 0.25) is 0 Å². The normalized spacial score (nSPS) is 11.9. The van der Waals surface area contributed by atoms with Gasteiger partial charge in [-0.1, -0.05) is 54.6 Å². The van der Waals surface area contributed by atoms with E-state index in [9.17, 15) is 17.9 Å². The Hall–Kier alpha value is -4.19. The second-order valence-electron chi connectivity index (χ2n) is 8.23. The SMILES string of the molecule is NS(=O)(=O)c1ccccc1NC(=S)N=Nc1c(O)n(Cc2cccc3ccccc23)c2ccc(F)cc12. The molecule has 37 heavy (non-hydrogen) atoms. The summed E-state index contributed by atoms with van der Waals surface area (Å²) in [6.07, 6.45) is 0. The first-order chi connectivity index (χ1) is 17.7. The van der Waals surface area contributed by atoms with Gasteiger partial charge in [-0.15, -0.1) is 10.2 Å². The van der Waals surface area contributed by atoms with Gasteiger partial charge in [0.25, 0.3) is 0 Å². The first-order valence-electron chi connectivity index (χ1n) is 11.0. The molecule has 0 spiro atoms. The van der Waals surface area contributed by atoms with E-state index in [0.29, 0.717) is 17.4 Å². The minimum absolute atomic E-state index is 0.0265. The molecule has 8 nitrogen and oxygen atoms in total. The van der Waals surface area contributed by atoms with E-state index in [-0.39, 0.29) is 27.3 Å². The number of halogens is 1. The lowest BCUT2D eigenvalue weighted by atomic mass is 10.0. The number of primary sulfonamides is 1. The third kappa shape index (κ3) is 4.92. The Morgan fingerprint density at radius 1 is 1.00 bits per heavy atom. The second kappa shape index (κ2) is 9.69. The monoisotopic (exact) mass is 533 g/mol. The molecular weight excluding hydrogens is 513 g/mol. The average Bonchev–Trinajstić information content (AvgIpc) is 3.12. The minimum atomic E-state index is -4.01. The molecule has 0 amide bonds. The van der Waals surface area contributed by atoms with Crippen LogP contribution in [0.3, 0.4) is 0 Å². The lowest BCUT2D eigenvalue weighted by molar-refractivity contribution is 0.430. The van der Waals surface area contributed by atoms with E-state index >= 15 is 0 Å². The van der Waals surface area contributed by atoms with Crippen molar-refractivity contribution >= 4 is 60.4 Å². The molecular formula is C26H20FN5O3S2. The molecule has 5 rings (SSSR count). The molecule has 5 aromatic rings. The molecule has 0 aliphatic rings. The summed E-state index contributed by atoms with van der Waals surface area (Å²) >= 11 is 5.20. The standard InChI is InChI=1S/C26H20FN5O3S2/c27-18-12-13-22-20(14-18)24(30-31-26(36)29-21-10-3-4-11-23(21)37(28,34)35)25(33)32(22)15-17-8-5-7-16-6-1-2-9-19(16)17/h1-14,33H,15H2,(H,29,36)(H2,28,34,35). The molecule has 4 N–H and O–H groups in total. The van der Waals surface area contributed by atoms with Crippen LogP contribution >= 0.6 is 12.2 Å². The van der Waals surface area contributed by atoms with Crippen LogP contribution in [-0.4, -0.2) is 23.2 Å². The molecule has 0 bridgehead atoms. The Morgan fingerprint density at radius 2 is 1.73 bits per heavy atom. The van der Waals surface area contributed by atoms with Crippen molar-refractivity contribution in [3.05, 3.63) is 96.3 Å². The number of rotatable bonds is 5. The molecule has 0 fully saturated rings. The van der Waals surface area contributed by atoms with Gasteiger partial charge in [0.05, 0.1) is 17.7 Å². The van der Waals surface area contributed by atoms with Crippen molar-refractivity contribution in [2.24, 2.45) is 15.4 Å². The van der Waals surface area contributed by atoms with E-state index in [1.54, 1.807) is 16.7 Å². The lowest BCUT2D eigenvalue weighted by Crippen LogP contribution is -2.16. The van der Waals surface area contributed by atoms with Crippen LogP contribution in [0.15, 0.2) is 100 Å². The summed E-state index contributed by atoms with van der Waals surface area (Å²) in [5, 5.41) is 29.3. The molecule has 0 saturated carbocycles. The number of sulfonamides is 1. The number of aromatic nitrogens is 1. The van der Waals surface area contributed by atoms with Crippen molar-refractivity contribution in [3.63, 3.8) is 0 Å². The highest BCUT2D eigenvalue weighted by Crippen LogP contribution is 2.40.